The summed E-state index contributed by atoms with van der Waals surface area (Å²) < 4.78 is 15.6. The van der Waals surface area contributed by atoms with Crippen LogP contribution in [-0.2, 0) is 9.53 Å². The first kappa shape index (κ1) is 18.5. The molecule has 2 aromatic rings. The zero-order valence-corrected chi connectivity index (χ0v) is 14.9. The number of hydrogen-bond acceptors (Lipinski definition) is 5. The minimum absolute atomic E-state index is 0.247. The van der Waals surface area contributed by atoms with E-state index in [9.17, 15) is 9.59 Å². The van der Waals surface area contributed by atoms with Gasteiger partial charge in [-0.15, -0.1) is 0 Å². The average molecular weight is 342 g/mol. The van der Waals surface area contributed by atoms with E-state index in [1.807, 2.05) is 26.0 Å². The summed E-state index contributed by atoms with van der Waals surface area (Å²) in [5.74, 6) is 0.381. The average Bonchev–Trinajstić information content (AvgIpc) is 2.62. The normalized spacial score (nSPS) is 11.5. The zero-order valence-electron chi connectivity index (χ0n) is 14.9. The third kappa shape index (κ3) is 5.08. The molecule has 5 heteroatoms. The van der Waals surface area contributed by atoms with Gasteiger partial charge in [-0.3, -0.25) is 4.79 Å². The Morgan fingerprint density at radius 1 is 0.960 bits per heavy atom. The van der Waals surface area contributed by atoms with Gasteiger partial charge in [0.15, 0.2) is 12.7 Å². The van der Waals surface area contributed by atoms with Crippen molar-refractivity contribution in [2.75, 3.05) is 13.7 Å². The first-order chi connectivity index (χ1) is 11.9. The molecule has 0 amide bonds. The van der Waals surface area contributed by atoms with Gasteiger partial charge in [-0.2, -0.15) is 0 Å². The second kappa shape index (κ2) is 8.33. The molecule has 1 atom stereocenters. The van der Waals surface area contributed by atoms with Crippen LogP contribution in [0.5, 0.6) is 11.5 Å². The molecule has 2 rings (SSSR count). The molecule has 0 unspecified atom stereocenters. The maximum absolute atomic E-state index is 12.3. The molecule has 2 aromatic carbocycles. The number of aryl methyl sites for hydroxylation is 2. The highest BCUT2D eigenvalue weighted by atomic mass is 16.6. The van der Waals surface area contributed by atoms with Gasteiger partial charge in [0.2, 0.25) is 5.78 Å². The van der Waals surface area contributed by atoms with Gasteiger partial charge in [-0.25, -0.2) is 4.79 Å². The molecule has 0 aromatic heterocycles. The highest BCUT2D eigenvalue weighted by Crippen LogP contribution is 2.17. The van der Waals surface area contributed by atoms with E-state index in [0.717, 1.165) is 11.1 Å². The van der Waals surface area contributed by atoms with Crippen LogP contribution >= 0.6 is 0 Å². The van der Waals surface area contributed by atoms with E-state index < -0.39 is 12.1 Å². The van der Waals surface area contributed by atoms with Crippen LogP contribution in [0.4, 0.5) is 0 Å². The number of rotatable bonds is 7. The number of carbonyl (C=O) groups is 2. The van der Waals surface area contributed by atoms with E-state index in [2.05, 4.69) is 0 Å². The Bertz CT molecular complexity index is 749. The van der Waals surface area contributed by atoms with Crippen molar-refractivity contribution in [1.82, 2.24) is 0 Å². The molecule has 0 saturated carbocycles. The van der Waals surface area contributed by atoms with Gasteiger partial charge in [0.25, 0.3) is 0 Å². The zero-order chi connectivity index (χ0) is 18.4. The fourth-order valence-corrected chi connectivity index (χ4v) is 2.22. The van der Waals surface area contributed by atoms with Gasteiger partial charge in [-0.05, 0) is 68.3 Å². The molecule has 0 aliphatic carbocycles. The van der Waals surface area contributed by atoms with E-state index >= 15 is 0 Å². The number of ether oxygens (including phenoxy) is 3. The second-order valence-corrected chi connectivity index (χ2v) is 5.76. The van der Waals surface area contributed by atoms with Crippen molar-refractivity contribution in [2.45, 2.75) is 26.9 Å². The third-order valence-electron chi connectivity index (χ3n) is 3.89. The molecule has 0 heterocycles. The molecule has 0 saturated heterocycles. The standard InChI is InChI=1S/C20H22O5/c1-13-5-8-18(11-14(13)2)24-12-19(21)25-15(3)20(22)16-6-9-17(23-4)10-7-16/h5-11,15H,12H2,1-4H3/t15-/m1/s1. The lowest BCUT2D eigenvalue weighted by Crippen LogP contribution is -2.27. The molecule has 0 aliphatic heterocycles. The summed E-state index contributed by atoms with van der Waals surface area (Å²) in [6.45, 7) is 5.26. The largest absolute Gasteiger partial charge is 0.497 e. The third-order valence-corrected chi connectivity index (χ3v) is 3.89. The molecule has 0 spiro atoms. The lowest BCUT2D eigenvalue weighted by molar-refractivity contribution is -0.148. The summed E-state index contributed by atoms with van der Waals surface area (Å²) in [5, 5.41) is 0. The lowest BCUT2D eigenvalue weighted by Gasteiger charge is -2.13. The molecule has 0 bridgehead atoms. The smallest absolute Gasteiger partial charge is 0.344 e. The minimum Gasteiger partial charge on any atom is -0.497 e. The predicted octanol–water partition coefficient (Wildman–Crippen LogP) is 3.51. The molecule has 0 aliphatic rings. The van der Waals surface area contributed by atoms with Crippen molar-refractivity contribution in [2.24, 2.45) is 0 Å². The van der Waals surface area contributed by atoms with Gasteiger partial charge in [0.1, 0.15) is 11.5 Å². The Labute approximate surface area is 147 Å². The van der Waals surface area contributed by atoms with E-state index in [4.69, 9.17) is 14.2 Å². The van der Waals surface area contributed by atoms with Crippen molar-refractivity contribution < 1.29 is 23.8 Å². The fourth-order valence-electron chi connectivity index (χ4n) is 2.22. The number of hydrogen-bond donors (Lipinski definition) is 0. The number of ketones is 1. The van der Waals surface area contributed by atoms with Crippen LogP contribution in [0, 0.1) is 13.8 Å². The Morgan fingerprint density at radius 2 is 1.60 bits per heavy atom. The van der Waals surface area contributed by atoms with Crippen LogP contribution in [-0.4, -0.2) is 31.6 Å². The highest BCUT2D eigenvalue weighted by molar-refractivity contribution is 6.00. The van der Waals surface area contributed by atoms with Crippen LogP contribution in [0.3, 0.4) is 0 Å². The number of carbonyl (C=O) groups excluding carboxylic acids is 2. The molecule has 0 radical (unpaired) electrons. The SMILES string of the molecule is COc1ccc(C(=O)[C@@H](C)OC(=O)COc2ccc(C)c(C)c2)cc1. The van der Waals surface area contributed by atoms with Crippen LogP contribution < -0.4 is 9.47 Å². The Balaban J connectivity index is 1.88. The summed E-state index contributed by atoms with van der Waals surface area (Å²) in [5.41, 5.74) is 2.68. The molecule has 132 valence electrons. The monoisotopic (exact) mass is 342 g/mol. The first-order valence-corrected chi connectivity index (χ1v) is 7.98. The van der Waals surface area contributed by atoms with E-state index in [0.29, 0.717) is 17.1 Å². The summed E-state index contributed by atoms with van der Waals surface area (Å²) >= 11 is 0. The fraction of sp³-hybridized carbons (Fsp3) is 0.300. The minimum atomic E-state index is -0.885. The summed E-state index contributed by atoms with van der Waals surface area (Å²) in [4.78, 5) is 24.2. The van der Waals surface area contributed by atoms with E-state index in [-0.39, 0.29) is 12.4 Å². The van der Waals surface area contributed by atoms with Crippen LogP contribution in [0.2, 0.25) is 0 Å². The maximum atomic E-state index is 12.3. The quantitative estimate of drug-likeness (QED) is 0.569. The van der Waals surface area contributed by atoms with Crippen LogP contribution in [0.1, 0.15) is 28.4 Å². The molecule has 0 N–H and O–H groups in total. The molecular weight excluding hydrogens is 320 g/mol. The van der Waals surface area contributed by atoms with Crippen molar-refractivity contribution in [3.05, 3.63) is 59.2 Å². The van der Waals surface area contributed by atoms with Crippen molar-refractivity contribution >= 4 is 11.8 Å². The lowest BCUT2D eigenvalue weighted by atomic mass is 10.1. The highest BCUT2D eigenvalue weighted by Gasteiger charge is 2.20. The Kier molecular flexibility index (Phi) is 6.17. The summed E-state index contributed by atoms with van der Waals surface area (Å²) in [6.07, 6.45) is -0.885. The maximum Gasteiger partial charge on any atom is 0.344 e. The Hall–Kier alpha value is -2.82. The topological polar surface area (TPSA) is 61.8 Å². The summed E-state index contributed by atoms with van der Waals surface area (Å²) in [6, 6.07) is 12.2. The Morgan fingerprint density at radius 3 is 2.20 bits per heavy atom. The van der Waals surface area contributed by atoms with E-state index in [1.54, 1.807) is 44.4 Å². The van der Waals surface area contributed by atoms with Gasteiger partial charge < -0.3 is 14.2 Å². The van der Waals surface area contributed by atoms with Crippen LogP contribution in [0.15, 0.2) is 42.5 Å². The van der Waals surface area contributed by atoms with Crippen molar-refractivity contribution in [3.63, 3.8) is 0 Å². The van der Waals surface area contributed by atoms with Crippen LogP contribution in [0.25, 0.3) is 0 Å². The van der Waals surface area contributed by atoms with E-state index in [1.165, 1.54) is 0 Å². The number of methoxy groups -OCH3 is 1. The molecular formula is C20H22O5. The number of esters is 1. The summed E-state index contributed by atoms with van der Waals surface area (Å²) in [7, 11) is 1.55. The van der Waals surface area contributed by atoms with Gasteiger partial charge in [-0.1, -0.05) is 6.07 Å². The van der Waals surface area contributed by atoms with Gasteiger partial charge in [0.05, 0.1) is 7.11 Å². The van der Waals surface area contributed by atoms with Gasteiger partial charge >= 0.3 is 5.97 Å². The first-order valence-electron chi connectivity index (χ1n) is 7.98. The number of benzene rings is 2. The molecule has 5 nitrogen and oxygen atoms in total. The second-order valence-electron chi connectivity index (χ2n) is 5.76. The molecule has 25 heavy (non-hydrogen) atoms. The number of Topliss-reactive ketones (excluding diaryl/α,β-unsaturated/α-hetero) is 1. The predicted molar refractivity (Wildman–Crippen MR) is 94.3 cm³/mol. The van der Waals surface area contributed by atoms with Crippen molar-refractivity contribution in [3.8, 4) is 11.5 Å². The molecule has 0 fully saturated rings. The van der Waals surface area contributed by atoms with Crippen molar-refractivity contribution in [1.29, 1.82) is 0 Å². The van der Waals surface area contributed by atoms with Gasteiger partial charge in [0, 0.05) is 5.56 Å².